The molecule has 1 N–H and O–H groups in total. The Morgan fingerprint density at radius 3 is 2.90 bits per heavy atom. The van der Waals surface area contributed by atoms with Crippen LogP contribution in [0.4, 0.5) is 5.69 Å². The van der Waals surface area contributed by atoms with Gasteiger partial charge in [0.2, 0.25) is 0 Å². The monoisotopic (exact) mass is 284 g/mol. The van der Waals surface area contributed by atoms with Crippen molar-refractivity contribution >= 4 is 17.4 Å². The first-order valence-corrected chi connectivity index (χ1v) is 7.41. The third-order valence-electron chi connectivity index (χ3n) is 2.73. The number of benzene rings is 1. The number of thioether (sulfide) groups is 1. The van der Waals surface area contributed by atoms with Crippen molar-refractivity contribution in [1.29, 1.82) is 5.26 Å². The summed E-state index contributed by atoms with van der Waals surface area (Å²) >= 11 is 1.68. The lowest BCUT2D eigenvalue weighted by Gasteiger charge is -2.10. The fraction of sp³-hybridized carbons (Fsp3) is 0.267. The number of aryl methyl sites for hydroxylation is 1. The molecule has 1 aromatic carbocycles. The number of hydrogen-bond acceptors (Lipinski definition) is 5. The summed E-state index contributed by atoms with van der Waals surface area (Å²) in [4.78, 5) is 9.43. The number of nitrogens with one attached hydrogen (secondary N) is 1. The van der Waals surface area contributed by atoms with E-state index in [1.807, 2.05) is 31.2 Å². The molecule has 0 unspecified atom stereocenters. The quantitative estimate of drug-likeness (QED) is 0.853. The summed E-state index contributed by atoms with van der Waals surface area (Å²) in [6, 6.07) is 10.0. The third-order valence-corrected chi connectivity index (χ3v) is 3.67. The maximum Gasteiger partial charge on any atom is 0.125 e. The highest BCUT2D eigenvalue weighted by molar-refractivity contribution is 7.99. The van der Waals surface area contributed by atoms with Gasteiger partial charge in [0, 0.05) is 11.1 Å². The Morgan fingerprint density at radius 2 is 2.20 bits per heavy atom. The standard InChI is InChI=1S/C15H16N4S/c1-3-20-15-6-4-5-14(13(15)9-16)18-10-12-7-8-17-11(2)19-12/h4-8,18H,3,10H2,1-2H3. The Balaban J connectivity index is 2.17. The number of hydrogen-bond donors (Lipinski definition) is 1. The SMILES string of the molecule is CCSc1cccc(NCc2ccnc(C)n2)c1C#N. The molecule has 1 heterocycles. The molecule has 0 saturated carbocycles. The molecule has 0 spiro atoms. The molecule has 0 atom stereocenters. The van der Waals surface area contributed by atoms with Crippen LogP contribution in [-0.4, -0.2) is 15.7 Å². The zero-order chi connectivity index (χ0) is 14.4. The zero-order valence-corrected chi connectivity index (χ0v) is 12.4. The molecule has 0 bridgehead atoms. The Bertz CT molecular complexity index is 634. The average molecular weight is 284 g/mol. The van der Waals surface area contributed by atoms with Crippen LogP contribution >= 0.6 is 11.8 Å². The normalized spacial score (nSPS) is 10.1. The van der Waals surface area contributed by atoms with Gasteiger partial charge in [0.05, 0.1) is 23.5 Å². The molecule has 0 aliphatic heterocycles. The molecule has 0 amide bonds. The van der Waals surface area contributed by atoms with Crippen molar-refractivity contribution in [3.63, 3.8) is 0 Å². The number of rotatable bonds is 5. The predicted octanol–water partition coefficient (Wildman–Crippen LogP) is 3.38. The number of anilines is 1. The summed E-state index contributed by atoms with van der Waals surface area (Å²) in [6.45, 7) is 4.52. The number of aromatic nitrogens is 2. The molecule has 1 aromatic heterocycles. The van der Waals surface area contributed by atoms with E-state index >= 15 is 0 Å². The lowest BCUT2D eigenvalue weighted by atomic mass is 10.2. The first kappa shape index (κ1) is 14.4. The number of nitrogens with zero attached hydrogens (tertiary/aromatic N) is 3. The van der Waals surface area contributed by atoms with E-state index in [4.69, 9.17) is 0 Å². The van der Waals surface area contributed by atoms with E-state index in [1.54, 1.807) is 18.0 Å². The van der Waals surface area contributed by atoms with E-state index in [0.29, 0.717) is 12.1 Å². The minimum atomic E-state index is 0.582. The summed E-state index contributed by atoms with van der Waals surface area (Å²) in [7, 11) is 0. The highest BCUT2D eigenvalue weighted by atomic mass is 32.2. The van der Waals surface area contributed by atoms with Crippen molar-refractivity contribution in [2.45, 2.75) is 25.3 Å². The van der Waals surface area contributed by atoms with Crippen LogP contribution in [0.15, 0.2) is 35.4 Å². The van der Waals surface area contributed by atoms with Gasteiger partial charge in [-0.15, -0.1) is 11.8 Å². The first-order valence-electron chi connectivity index (χ1n) is 6.43. The maximum absolute atomic E-state index is 9.34. The molecule has 102 valence electrons. The molecule has 4 nitrogen and oxygen atoms in total. The Labute approximate surface area is 123 Å². The predicted molar refractivity (Wildman–Crippen MR) is 81.7 cm³/mol. The molecule has 2 aromatic rings. The van der Waals surface area contributed by atoms with Crippen LogP contribution in [0, 0.1) is 18.3 Å². The van der Waals surface area contributed by atoms with Gasteiger partial charge in [0.15, 0.2) is 0 Å². The molecular formula is C15H16N4S. The molecule has 0 saturated heterocycles. The van der Waals surface area contributed by atoms with Crippen LogP contribution in [0.3, 0.4) is 0 Å². The van der Waals surface area contributed by atoms with Crippen LogP contribution in [-0.2, 0) is 6.54 Å². The van der Waals surface area contributed by atoms with Crippen LogP contribution in [0.1, 0.15) is 24.0 Å². The van der Waals surface area contributed by atoms with Gasteiger partial charge in [-0.1, -0.05) is 13.0 Å². The number of nitriles is 1. The average Bonchev–Trinajstić information content (AvgIpc) is 2.45. The second kappa shape index (κ2) is 6.92. The lowest BCUT2D eigenvalue weighted by molar-refractivity contribution is 0.954. The zero-order valence-electron chi connectivity index (χ0n) is 11.6. The molecule has 0 fully saturated rings. The van der Waals surface area contributed by atoms with Crippen molar-refractivity contribution in [3.8, 4) is 6.07 Å². The first-order chi connectivity index (χ1) is 9.74. The summed E-state index contributed by atoms with van der Waals surface area (Å²) < 4.78 is 0. The molecule has 5 heteroatoms. The van der Waals surface area contributed by atoms with E-state index in [2.05, 4.69) is 28.3 Å². The molecule has 20 heavy (non-hydrogen) atoms. The Kier molecular flexibility index (Phi) is 4.97. The van der Waals surface area contributed by atoms with Gasteiger partial charge in [0.1, 0.15) is 11.9 Å². The van der Waals surface area contributed by atoms with Crippen molar-refractivity contribution in [3.05, 3.63) is 47.5 Å². The molecule has 0 aliphatic carbocycles. The largest absolute Gasteiger partial charge is 0.378 e. The van der Waals surface area contributed by atoms with Crippen molar-refractivity contribution in [2.75, 3.05) is 11.1 Å². The second-order valence-corrected chi connectivity index (χ2v) is 5.48. The van der Waals surface area contributed by atoms with Crippen LogP contribution in [0.25, 0.3) is 0 Å². The van der Waals surface area contributed by atoms with E-state index in [9.17, 15) is 5.26 Å². The Hall–Kier alpha value is -2.06. The van der Waals surface area contributed by atoms with Crippen LogP contribution < -0.4 is 5.32 Å². The van der Waals surface area contributed by atoms with E-state index < -0.39 is 0 Å². The van der Waals surface area contributed by atoms with Crippen molar-refractivity contribution < 1.29 is 0 Å². The van der Waals surface area contributed by atoms with Gasteiger partial charge in [0.25, 0.3) is 0 Å². The van der Waals surface area contributed by atoms with Gasteiger partial charge in [-0.2, -0.15) is 5.26 Å². The second-order valence-electron chi connectivity index (χ2n) is 4.17. The van der Waals surface area contributed by atoms with E-state index in [1.165, 1.54) is 0 Å². The van der Waals surface area contributed by atoms with Crippen molar-refractivity contribution in [2.24, 2.45) is 0 Å². The van der Waals surface area contributed by atoms with Gasteiger partial charge in [-0.25, -0.2) is 9.97 Å². The molecule has 2 rings (SSSR count). The topological polar surface area (TPSA) is 61.6 Å². The summed E-state index contributed by atoms with van der Waals surface area (Å²) in [5, 5.41) is 12.6. The molecular weight excluding hydrogens is 268 g/mol. The van der Waals surface area contributed by atoms with E-state index in [-0.39, 0.29) is 0 Å². The lowest BCUT2D eigenvalue weighted by Crippen LogP contribution is -2.05. The molecule has 0 aliphatic rings. The van der Waals surface area contributed by atoms with Crippen molar-refractivity contribution in [1.82, 2.24) is 9.97 Å². The summed E-state index contributed by atoms with van der Waals surface area (Å²) in [5.41, 5.74) is 2.46. The van der Waals surface area contributed by atoms with Gasteiger partial charge in [-0.3, -0.25) is 0 Å². The minimum Gasteiger partial charge on any atom is -0.378 e. The summed E-state index contributed by atoms with van der Waals surface area (Å²) in [5.74, 6) is 1.70. The van der Waals surface area contributed by atoms with Crippen LogP contribution in [0.5, 0.6) is 0 Å². The third kappa shape index (κ3) is 3.49. The fourth-order valence-electron chi connectivity index (χ4n) is 1.86. The van der Waals surface area contributed by atoms with Gasteiger partial charge < -0.3 is 5.32 Å². The highest BCUT2D eigenvalue weighted by Crippen LogP contribution is 2.27. The fourth-order valence-corrected chi connectivity index (χ4v) is 2.64. The van der Waals surface area contributed by atoms with Gasteiger partial charge in [-0.05, 0) is 30.9 Å². The summed E-state index contributed by atoms with van der Waals surface area (Å²) in [6.07, 6.45) is 1.74. The smallest absolute Gasteiger partial charge is 0.125 e. The minimum absolute atomic E-state index is 0.582. The molecule has 0 radical (unpaired) electrons. The maximum atomic E-state index is 9.34. The highest BCUT2D eigenvalue weighted by Gasteiger charge is 2.08. The van der Waals surface area contributed by atoms with E-state index in [0.717, 1.165) is 27.9 Å². The van der Waals surface area contributed by atoms with Crippen LogP contribution in [0.2, 0.25) is 0 Å². The van der Waals surface area contributed by atoms with Gasteiger partial charge >= 0.3 is 0 Å². The Morgan fingerprint density at radius 1 is 1.35 bits per heavy atom.